The molecule has 0 bridgehead atoms. The lowest BCUT2D eigenvalue weighted by Gasteiger charge is -2.13. The van der Waals surface area contributed by atoms with Gasteiger partial charge in [0.1, 0.15) is 23.5 Å². The van der Waals surface area contributed by atoms with Gasteiger partial charge in [-0.2, -0.15) is 5.10 Å². The van der Waals surface area contributed by atoms with Crippen molar-refractivity contribution in [2.75, 3.05) is 19.5 Å². The number of fused-ring (bicyclic) bond motifs is 1. The van der Waals surface area contributed by atoms with Gasteiger partial charge in [-0.25, -0.2) is 9.97 Å². The van der Waals surface area contributed by atoms with Crippen LogP contribution in [-0.4, -0.2) is 44.9 Å². The minimum Gasteiger partial charge on any atom is -0.497 e. The highest BCUT2D eigenvalue weighted by Gasteiger charge is 2.25. The van der Waals surface area contributed by atoms with Crippen molar-refractivity contribution < 1.29 is 14.3 Å². The summed E-state index contributed by atoms with van der Waals surface area (Å²) in [6, 6.07) is 15.1. The zero-order chi connectivity index (χ0) is 26.2. The third-order valence-corrected chi connectivity index (χ3v) is 6.70. The zero-order valence-electron chi connectivity index (χ0n) is 21.3. The normalized spacial score (nSPS) is 12.9. The van der Waals surface area contributed by atoms with Gasteiger partial charge in [-0.3, -0.25) is 14.5 Å². The molecule has 9 heteroatoms. The highest BCUT2D eigenvalue weighted by atomic mass is 16.5. The summed E-state index contributed by atoms with van der Waals surface area (Å²) in [5.41, 5.74) is 5.96. The van der Waals surface area contributed by atoms with Gasteiger partial charge in [0.25, 0.3) is 5.91 Å². The smallest absolute Gasteiger partial charge is 0.257 e. The predicted octanol–water partition coefficient (Wildman–Crippen LogP) is 5.24. The largest absolute Gasteiger partial charge is 0.497 e. The van der Waals surface area contributed by atoms with Crippen LogP contribution in [0.2, 0.25) is 0 Å². The van der Waals surface area contributed by atoms with Crippen LogP contribution in [0.1, 0.15) is 34.8 Å². The highest BCUT2D eigenvalue weighted by Crippen LogP contribution is 2.39. The SMILES string of the molecule is COc1ccc(-c2nn(C)cc2-c2ncnc3cc(OC)c(NC(=O)c4ccc(C5CC5)nc4)cc23)cc1. The molecule has 0 atom stereocenters. The average molecular weight is 507 g/mol. The van der Waals surface area contributed by atoms with E-state index in [1.807, 2.05) is 55.7 Å². The fourth-order valence-corrected chi connectivity index (χ4v) is 4.54. The van der Waals surface area contributed by atoms with Crippen molar-refractivity contribution in [2.24, 2.45) is 7.05 Å². The number of amides is 1. The van der Waals surface area contributed by atoms with Crippen molar-refractivity contribution in [1.82, 2.24) is 24.7 Å². The van der Waals surface area contributed by atoms with Crippen molar-refractivity contribution >= 4 is 22.5 Å². The molecule has 1 aliphatic rings. The van der Waals surface area contributed by atoms with Crippen molar-refractivity contribution in [2.45, 2.75) is 18.8 Å². The number of carbonyl (C=O) groups excluding carboxylic acids is 1. The lowest BCUT2D eigenvalue weighted by atomic mass is 10.0. The van der Waals surface area contributed by atoms with Gasteiger partial charge < -0.3 is 14.8 Å². The molecular weight excluding hydrogens is 480 g/mol. The third kappa shape index (κ3) is 4.43. The number of hydrogen-bond donors (Lipinski definition) is 1. The summed E-state index contributed by atoms with van der Waals surface area (Å²) in [7, 11) is 5.07. The molecule has 3 heterocycles. The molecule has 9 nitrogen and oxygen atoms in total. The molecule has 2 aromatic carbocycles. The number of anilines is 1. The summed E-state index contributed by atoms with van der Waals surface area (Å²) in [4.78, 5) is 26.7. The van der Waals surface area contributed by atoms with E-state index in [1.165, 1.54) is 6.33 Å². The van der Waals surface area contributed by atoms with Crippen LogP contribution in [0.5, 0.6) is 11.5 Å². The third-order valence-electron chi connectivity index (χ3n) is 6.70. The summed E-state index contributed by atoms with van der Waals surface area (Å²) in [6.07, 6.45) is 7.40. The Morgan fingerprint density at radius 3 is 2.47 bits per heavy atom. The number of benzene rings is 2. The maximum absolute atomic E-state index is 13.1. The lowest BCUT2D eigenvalue weighted by molar-refractivity contribution is 0.102. The van der Waals surface area contributed by atoms with Gasteiger partial charge >= 0.3 is 0 Å². The number of aromatic nitrogens is 5. The van der Waals surface area contributed by atoms with Gasteiger partial charge in [0.15, 0.2) is 0 Å². The van der Waals surface area contributed by atoms with Gasteiger partial charge in [0.05, 0.1) is 36.7 Å². The van der Waals surface area contributed by atoms with Gasteiger partial charge in [0.2, 0.25) is 0 Å². The second-order valence-corrected chi connectivity index (χ2v) is 9.29. The summed E-state index contributed by atoms with van der Waals surface area (Å²) in [5.74, 6) is 1.53. The van der Waals surface area contributed by atoms with Crippen molar-refractivity contribution in [3.8, 4) is 34.0 Å². The van der Waals surface area contributed by atoms with Crippen molar-refractivity contribution in [3.05, 3.63) is 78.5 Å². The van der Waals surface area contributed by atoms with E-state index >= 15 is 0 Å². The van der Waals surface area contributed by atoms with Crippen molar-refractivity contribution in [3.63, 3.8) is 0 Å². The molecule has 1 fully saturated rings. The first-order valence-electron chi connectivity index (χ1n) is 12.3. The minimum absolute atomic E-state index is 0.267. The second-order valence-electron chi connectivity index (χ2n) is 9.29. The molecule has 0 spiro atoms. The van der Waals surface area contributed by atoms with Gasteiger partial charge in [-0.15, -0.1) is 0 Å². The van der Waals surface area contributed by atoms with E-state index in [-0.39, 0.29) is 5.91 Å². The number of nitrogens with one attached hydrogen (secondary N) is 1. The molecule has 1 saturated carbocycles. The Morgan fingerprint density at radius 1 is 0.974 bits per heavy atom. The maximum atomic E-state index is 13.1. The molecule has 0 aliphatic heterocycles. The number of hydrogen-bond acceptors (Lipinski definition) is 7. The Balaban J connectivity index is 1.40. The Morgan fingerprint density at radius 2 is 1.79 bits per heavy atom. The maximum Gasteiger partial charge on any atom is 0.257 e. The number of pyridine rings is 1. The number of ether oxygens (including phenoxy) is 2. The number of carbonyl (C=O) groups is 1. The van der Waals surface area contributed by atoms with Crippen LogP contribution in [-0.2, 0) is 7.05 Å². The van der Waals surface area contributed by atoms with E-state index in [2.05, 4.69) is 20.3 Å². The summed E-state index contributed by atoms with van der Waals surface area (Å²) in [6.45, 7) is 0. The molecule has 190 valence electrons. The van der Waals surface area contributed by atoms with E-state index in [1.54, 1.807) is 31.2 Å². The molecule has 0 saturated heterocycles. The Labute approximate surface area is 219 Å². The minimum atomic E-state index is -0.267. The van der Waals surface area contributed by atoms with E-state index in [9.17, 15) is 4.79 Å². The van der Waals surface area contributed by atoms with Gasteiger partial charge in [-0.05, 0) is 55.3 Å². The molecule has 1 N–H and O–H groups in total. The van der Waals surface area contributed by atoms with Crippen LogP contribution in [0.3, 0.4) is 0 Å². The summed E-state index contributed by atoms with van der Waals surface area (Å²) < 4.78 is 12.7. The first kappa shape index (κ1) is 23.6. The van der Waals surface area contributed by atoms with E-state index in [0.29, 0.717) is 34.1 Å². The van der Waals surface area contributed by atoms with Crippen LogP contribution in [0, 0.1) is 0 Å². The monoisotopic (exact) mass is 506 g/mol. The molecule has 0 unspecified atom stereocenters. The van der Waals surface area contributed by atoms with Crippen LogP contribution in [0.15, 0.2) is 67.3 Å². The lowest BCUT2D eigenvalue weighted by Crippen LogP contribution is -2.13. The molecule has 3 aromatic heterocycles. The van der Waals surface area contributed by atoms with Crippen LogP contribution < -0.4 is 14.8 Å². The Bertz CT molecular complexity index is 1640. The summed E-state index contributed by atoms with van der Waals surface area (Å²) >= 11 is 0. The van der Waals surface area contributed by atoms with Crippen LogP contribution in [0.25, 0.3) is 33.4 Å². The molecule has 38 heavy (non-hydrogen) atoms. The molecule has 1 aliphatic carbocycles. The van der Waals surface area contributed by atoms with Crippen LogP contribution >= 0.6 is 0 Å². The predicted molar refractivity (Wildman–Crippen MR) is 144 cm³/mol. The molecule has 1 amide bonds. The van der Waals surface area contributed by atoms with Gasteiger partial charge in [-0.1, -0.05) is 0 Å². The van der Waals surface area contributed by atoms with E-state index in [4.69, 9.17) is 14.6 Å². The van der Waals surface area contributed by atoms with E-state index < -0.39 is 0 Å². The van der Waals surface area contributed by atoms with Crippen LogP contribution in [0.4, 0.5) is 5.69 Å². The van der Waals surface area contributed by atoms with E-state index in [0.717, 1.165) is 46.5 Å². The Kier molecular flexibility index (Phi) is 5.95. The summed E-state index contributed by atoms with van der Waals surface area (Å²) in [5, 5.41) is 8.44. The number of nitrogens with zero attached hydrogens (tertiary/aromatic N) is 5. The standard InChI is InChI=1S/C29H26N6O3/c1-35-15-22(27(34-35)18-6-9-20(37-2)10-7-18)28-21-12-25(26(38-3)13-24(21)31-16-32-28)33-29(36)19-8-11-23(30-14-19)17-4-5-17/h6-17H,4-5H2,1-3H3,(H,33,36). The number of methoxy groups -OCH3 is 2. The zero-order valence-corrected chi connectivity index (χ0v) is 21.3. The quantitative estimate of drug-likeness (QED) is 0.322. The molecule has 5 aromatic rings. The van der Waals surface area contributed by atoms with Gasteiger partial charge in [0, 0.05) is 53.6 Å². The first-order chi connectivity index (χ1) is 18.5. The highest BCUT2D eigenvalue weighted by molar-refractivity contribution is 6.07. The molecule has 6 rings (SSSR count). The molecular formula is C29H26N6O3. The average Bonchev–Trinajstić information content (AvgIpc) is 3.73. The molecule has 0 radical (unpaired) electrons. The fourth-order valence-electron chi connectivity index (χ4n) is 4.54. The number of aryl methyl sites for hydroxylation is 1. The fraction of sp³-hybridized carbons (Fsp3) is 0.207. The first-order valence-corrected chi connectivity index (χ1v) is 12.3. The topological polar surface area (TPSA) is 104 Å². The van der Waals surface area contributed by atoms with Crippen molar-refractivity contribution in [1.29, 1.82) is 0 Å². The Hall–Kier alpha value is -4.79. The second kappa shape index (κ2) is 9.59. The number of rotatable bonds is 7.